The van der Waals surface area contributed by atoms with Crippen molar-refractivity contribution in [2.24, 2.45) is 0 Å². The highest BCUT2D eigenvalue weighted by Gasteiger charge is 2.33. The van der Waals surface area contributed by atoms with Gasteiger partial charge >= 0.3 is 0 Å². The molecule has 0 unspecified atom stereocenters. The van der Waals surface area contributed by atoms with Crippen molar-refractivity contribution in [2.45, 2.75) is 19.8 Å². The third-order valence-electron chi connectivity index (χ3n) is 4.57. The van der Waals surface area contributed by atoms with E-state index in [1.54, 1.807) is 42.5 Å². The Kier molecular flexibility index (Phi) is 3.45. The minimum atomic E-state index is -0.966. The number of benzene rings is 3. The summed E-state index contributed by atoms with van der Waals surface area (Å²) >= 11 is 0. The Morgan fingerprint density at radius 3 is 2.12 bits per heavy atom. The Hall–Kier alpha value is -2.55. The van der Waals surface area contributed by atoms with Gasteiger partial charge in [0, 0.05) is 16.7 Å². The highest BCUT2D eigenvalue weighted by molar-refractivity contribution is 6.04. The van der Waals surface area contributed by atoms with E-state index < -0.39 is 17.5 Å². The maximum absolute atomic E-state index is 14.6. The van der Waals surface area contributed by atoms with Crippen molar-refractivity contribution in [1.82, 2.24) is 0 Å². The molecule has 3 aromatic carbocycles. The van der Waals surface area contributed by atoms with Crippen molar-refractivity contribution >= 4 is 0 Å². The average Bonchev–Trinajstić information content (AvgIpc) is 2.58. The lowest BCUT2D eigenvalue weighted by molar-refractivity contribution is 0.512. The van der Waals surface area contributed by atoms with E-state index in [0.717, 1.165) is 6.42 Å². The molecule has 4 rings (SSSR count). The molecule has 0 radical (unpaired) electrons. The summed E-state index contributed by atoms with van der Waals surface area (Å²) in [7, 11) is 0. The van der Waals surface area contributed by atoms with Gasteiger partial charge in [-0.15, -0.1) is 0 Å². The topological polar surface area (TPSA) is 0 Å². The third-order valence-corrected chi connectivity index (χ3v) is 4.57. The number of rotatable bonds is 3. The summed E-state index contributed by atoms with van der Waals surface area (Å²) in [4.78, 5) is 0. The SMILES string of the molecule is CCCc1ccc2c(c1F)-c1c-2cc(-c2ccccc2)c(F)c1F. The lowest BCUT2D eigenvalue weighted by Gasteiger charge is -2.27. The van der Waals surface area contributed by atoms with Gasteiger partial charge in [-0.1, -0.05) is 55.8 Å². The lowest BCUT2D eigenvalue weighted by Crippen LogP contribution is -2.09. The van der Waals surface area contributed by atoms with E-state index in [0.29, 0.717) is 28.7 Å². The molecule has 0 saturated carbocycles. The molecule has 0 aromatic heterocycles. The van der Waals surface area contributed by atoms with Crippen molar-refractivity contribution in [2.75, 3.05) is 0 Å². The van der Waals surface area contributed by atoms with Crippen LogP contribution in [0, 0.1) is 17.5 Å². The summed E-state index contributed by atoms with van der Waals surface area (Å²) < 4.78 is 43.8. The molecular weight excluding hydrogens is 309 g/mol. The zero-order valence-corrected chi connectivity index (χ0v) is 13.2. The maximum atomic E-state index is 14.6. The molecule has 0 fully saturated rings. The largest absolute Gasteiger partial charge is 0.206 e. The minimum absolute atomic E-state index is 0.0673. The van der Waals surface area contributed by atoms with Crippen LogP contribution in [-0.4, -0.2) is 0 Å². The summed E-state index contributed by atoms with van der Waals surface area (Å²) in [5, 5.41) is 0. The van der Waals surface area contributed by atoms with Crippen molar-refractivity contribution in [3.05, 3.63) is 71.5 Å². The van der Waals surface area contributed by atoms with E-state index >= 15 is 0 Å². The first-order valence-corrected chi connectivity index (χ1v) is 8.03. The lowest BCUT2D eigenvalue weighted by atomic mass is 9.77. The molecule has 0 N–H and O–H groups in total. The molecule has 0 aliphatic heterocycles. The zero-order chi connectivity index (χ0) is 16.8. The van der Waals surface area contributed by atoms with Crippen molar-refractivity contribution < 1.29 is 13.2 Å². The van der Waals surface area contributed by atoms with E-state index in [1.807, 2.05) is 13.0 Å². The van der Waals surface area contributed by atoms with Crippen molar-refractivity contribution in [1.29, 1.82) is 0 Å². The fourth-order valence-electron chi connectivity index (χ4n) is 3.40. The fourth-order valence-corrected chi connectivity index (χ4v) is 3.40. The van der Waals surface area contributed by atoms with Crippen LogP contribution in [0.5, 0.6) is 0 Å². The van der Waals surface area contributed by atoms with Crippen molar-refractivity contribution in [3.63, 3.8) is 0 Å². The summed E-state index contributed by atoms with van der Waals surface area (Å²) in [6.07, 6.45) is 1.38. The first-order chi connectivity index (χ1) is 11.6. The molecule has 0 atom stereocenters. The van der Waals surface area contributed by atoms with Gasteiger partial charge in [-0.25, -0.2) is 13.2 Å². The Morgan fingerprint density at radius 2 is 1.42 bits per heavy atom. The van der Waals surface area contributed by atoms with Gasteiger partial charge in [0.2, 0.25) is 0 Å². The zero-order valence-electron chi connectivity index (χ0n) is 13.2. The highest BCUT2D eigenvalue weighted by atomic mass is 19.2. The number of hydrogen-bond donors (Lipinski definition) is 0. The first kappa shape index (κ1) is 15.0. The fraction of sp³-hybridized carbons (Fsp3) is 0.143. The van der Waals surface area contributed by atoms with E-state index in [-0.39, 0.29) is 16.7 Å². The van der Waals surface area contributed by atoms with Gasteiger partial charge < -0.3 is 0 Å². The normalized spacial score (nSPS) is 11.7. The molecule has 120 valence electrons. The molecule has 0 spiro atoms. The van der Waals surface area contributed by atoms with Gasteiger partial charge in [0.25, 0.3) is 0 Å². The molecule has 0 heterocycles. The monoisotopic (exact) mass is 324 g/mol. The molecule has 0 amide bonds. The van der Waals surface area contributed by atoms with Gasteiger partial charge in [-0.05, 0) is 34.7 Å². The van der Waals surface area contributed by atoms with Crippen LogP contribution in [-0.2, 0) is 6.42 Å². The van der Waals surface area contributed by atoms with Gasteiger partial charge in [0.1, 0.15) is 5.82 Å². The molecule has 24 heavy (non-hydrogen) atoms. The maximum Gasteiger partial charge on any atom is 0.168 e. The molecule has 1 aliphatic rings. The molecule has 0 nitrogen and oxygen atoms in total. The molecule has 3 aromatic rings. The van der Waals surface area contributed by atoms with Crippen LogP contribution in [0.1, 0.15) is 18.9 Å². The Bertz CT molecular complexity index is 943. The van der Waals surface area contributed by atoms with Crippen LogP contribution in [0.3, 0.4) is 0 Å². The Balaban J connectivity index is 1.91. The first-order valence-electron chi connectivity index (χ1n) is 8.03. The average molecular weight is 324 g/mol. The summed E-state index contributed by atoms with van der Waals surface area (Å²) in [5.74, 6) is -2.31. The van der Waals surface area contributed by atoms with Crippen LogP contribution in [0.4, 0.5) is 13.2 Å². The molecule has 1 aliphatic carbocycles. The van der Waals surface area contributed by atoms with Crippen LogP contribution < -0.4 is 0 Å². The highest BCUT2D eigenvalue weighted by Crippen LogP contribution is 2.52. The second-order valence-corrected chi connectivity index (χ2v) is 6.05. The van der Waals surface area contributed by atoms with Crippen molar-refractivity contribution in [3.8, 4) is 33.4 Å². The number of aryl methyl sites for hydroxylation is 1. The van der Waals surface area contributed by atoms with Gasteiger partial charge in [0.15, 0.2) is 11.6 Å². The van der Waals surface area contributed by atoms with Gasteiger partial charge in [0.05, 0.1) is 0 Å². The standard InChI is InChI=1S/C21H15F3/c1-2-6-13-9-10-14-16-11-15(12-7-4-3-5-8-12)20(23)21(24)18(16)17(14)19(13)22/h3-5,7-11H,2,6H2,1H3. The predicted octanol–water partition coefficient (Wildman–Crippen LogP) is 6.37. The predicted molar refractivity (Wildman–Crippen MR) is 90.2 cm³/mol. The molecule has 3 heteroatoms. The second-order valence-electron chi connectivity index (χ2n) is 6.05. The van der Waals surface area contributed by atoms with Gasteiger partial charge in [-0.2, -0.15) is 0 Å². The summed E-state index contributed by atoms with van der Waals surface area (Å²) in [6, 6.07) is 14.0. The second kappa shape index (κ2) is 5.52. The third kappa shape index (κ3) is 2.01. The van der Waals surface area contributed by atoms with E-state index in [2.05, 4.69) is 0 Å². The molecule has 0 bridgehead atoms. The van der Waals surface area contributed by atoms with Crippen LogP contribution in [0.2, 0.25) is 0 Å². The number of halogens is 3. The van der Waals surface area contributed by atoms with E-state index in [9.17, 15) is 13.2 Å². The van der Waals surface area contributed by atoms with Gasteiger partial charge in [-0.3, -0.25) is 0 Å². The van der Waals surface area contributed by atoms with Crippen LogP contribution in [0.15, 0.2) is 48.5 Å². The van der Waals surface area contributed by atoms with Crippen LogP contribution >= 0.6 is 0 Å². The van der Waals surface area contributed by atoms with E-state index in [1.165, 1.54) is 0 Å². The molecule has 0 saturated heterocycles. The Labute approximate surface area is 138 Å². The minimum Gasteiger partial charge on any atom is -0.206 e. The Morgan fingerprint density at radius 1 is 0.708 bits per heavy atom. The summed E-state index contributed by atoms with van der Waals surface area (Å²) in [5.41, 5.74) is 2.87. The van der Waals surface area contributed by atoms with E-state index in [4.69, 9.17) is 0 Å². The van der Waals surface area contributed by atoms with Crippen LogP contribution in [0.25, 0.3) is 33.4 Å². The summed E-state index contributed by atoms with van der Waals surface area (Å²) in [6.45, 7) is 1.96. The quantitative estimate of drug-likeness (QED) is 0.411. The molecular formula is C21H15F3. The number of hydrogen-bond acceptors (Lipinski definition) is 0. The smallest absolute Gasteiger partial charge is 0.168 e. The number of fused-ring (bicyclic) bond motifs is 4.